The van der Waals surface area contributed by atoms with E-state index in [4.69, 9.17) is 9.47 Å². The number of carbonyl (C=O) groups excluding carboxylic acids is 1. The Bertz CT molecular complexity index is 460. The molecule has 0 aliphatic carbocycles. The second kappa shape index (κ2) is 7.14. The summed E-state index contributed by atoms with van der Waals surface area (Å²) in [7, 11) is 4.04. The number of ether oxygens (including phenoxy) is 2. The molecule has 20 heavy (non-hydrogen) atoms. The van der Waals surface area contributed by atoms with E-state index in [0.717, 1.165) is 19.4 Å². The molecule has 1 aromatic carbocycles. The highest BCUT2D eigenvalue weighted by atomic mass is 16.5. The van der Waals surface area contributed by atoms with Crippen LogP contribution in [0.3, 0.4) is 0 Å². The summed E-state index contributed by atoms with van der Waals surface area (Å²) < 4.78 is 11.1. The van der Waals surface area contributed by atoms with Gasteiger partial charge in [-0.05, 0) is 45.3 Å². The molecule has 0 fully saturated rings. The van der Waals surface area contributed by atoms with Crippen molar-refractivity contribution in [3.8, 4) is 11.5 Å². The number of hydrogen-bond acceptors (Lipinski definition) is 4. The summed E-state index contributed by atoms with van der Waals surface area (Å²) in [5.41, 5.74) is 0.610. The predicted octanol–water partition coefficient (Wildman–Crippen LogP) is 1.53. The van der Waals surface area contributed by atoms with Crippen LogP contribution >= 0.6 is 0 Å². The largest absolute Gasteiger partial charge is 0.490 e. The molecule has 5 heteroatoms. The van der Waals surface area contributed by atoms with Crippen LogP contribution in [0, 0.1) is 0 Å². The van der Waals surface area contributed by atoms with Crippen LogP contribution in [-0.2, 0) is 0 Å². The zero-order valence-corrected chi connectivity index (χ0v) is 12.1. The number of hydrogen-bond donors (Lipinski definition) is 1. The maximum Gasteiger partial charge on any atom is 0.251 e. The van der Waals surface area contributed by atoms with Gasteiger partial charge in [0.2, 0.25) is 0 Å². The molecule has 110 valence electrons. The highest BCUT2D eigenvalue weighted by molar-refractivity contribution is 5.94. The molecular formula is C15H22N2O3. The van der Waals surface area contributed by atoms with Crippen molar-refractivity contribution in [2.75, 3.05) is 40.4 Å². The van der Waals surface area contributed by atoms with Crippen molar-refractivity contribution < 1.29 is 14.3 Å². The van der Waals surface area contributed by atoms with Gasteiger partial charge >= 0.3 is 0 Å². The van der Waals surface area contributed by atoms with E-state index < -0.39 is 0 Å². The Labute approximate surface area is 119 Å². The summed E-state index contributed by atoms with van der Waals surface area (Å²) >= 11 is 0. The van der Waals surface area contributed by atoms with Crippen molar-refractivity contribution >= 4 is 5.91 Å². The Morgan fingerprint density at radius 2 is 2.00 bits per heavy atom. The fourth-order valence-corrected chi connectivity index (χ4v) is 2.00. The average Bonchev–Trinajstić information content (AvgIpc) is 2.67. The summed E-state index contributed by atoms with van der Waals surface area (Å²) in [6, 6.07) is 5.33. The number of fused-ring (bicyclic) bond motifs is 1. The van der Waals surface area contributed by atoms with E-state index in [-0.39, 0.29) is 5.91 Å². The molecule has 0 bridgehead atoms. The van der Waals surface area contributed by atoms with Crippen LogP contribution < -0.4 is 14.8 Å². The summed E-state index contributed by atoms with van der Waals surface area (Å²) in [5, 5.41) is 2.91. The third kappa shape index (κ3) is 4.13. The molecule has 0 saturated carbocycles. The van der Waals surface area contributed by atoms with Crippen molar-refractivity contribution in [3.05, 3.63) is 23.8 Å². The molecule has 0 spiro atoms. The highest BCUT2D eigenvalue weighted by Gasteiger charge is 2.13. The second-order valence-corrected chi connectivity index (χ2v) is 5.12. The van der Waals surface area contributed by atoms with Crippen LogP contribution in [0.25, 0.3) is 0 Å². The molecule has 0 atom stereocenters. The number of carbonyl (C=O) groups is 1. The molecule has 1 aromatic rings. The Morgan fingerprint density at radius 3 is 2.75 bits per heavy atom. The van der Waals surface area contributed by atoms with Crippen molar-refractivity contribution in [1.29, 1.82) is 0 Å². The number of rotatable bonds is 5. The van der Waals surface area contributed by atoms with Crippen LogP contribution in [0.15, 0.2) is 18.2 Å². The van der Waals surface area contributed by atoms with Gasteiger partial charge in [-0.15, -0.1) is 0 Å². The minimum Gasteiger partial charge on any atom is -0.490 e. The zero-order chi connectivity index (χ0) is 14.4. The van der Waals surface area contributed by atoms with Gasteiger partial charge in [0.15, 0.2) is 11.5 Å². The monoisotopic (exact) mass is 278 g/mol. The van der Waals surface area contributed by atoms with E-state index in [2.05, 4.69) is 10.2 Å². The smallest absolute Gasteiger partial charge is 0.251 e. The quantitative estimate of drug-likeness (QED) is 0.830. The van der Waals surface area contributed by atoms with Crippen LogP contribution in [0.1, 0.15) is 23.2 Å². The van der Waals surface area contributed by atoms with E-state index >= 15 is 0 Å². The molecule has 2 rings (SSSR count). The summed E-state index contributed by atoms with van der Waals surface area (Å²) in [6.07, 6.45) is 1.80. The lowest BCUT2D eigenvalue weighted by molar-refractivity contribution is 0.0952. The number of amides is 1. The lowest BCUT2D eigenvalue weighted by Crippen LogP contribution is -2.27. The van der Waals surface area contributed by atoms with Crippen molar-refractivity contribution in [2.45, 2.75) is 12.8 Å². The van der Waals surface area contributed by atoms with Crippen LogP contribution in [0.2, 0.25) is 0 Å². The van der Waals surface area contributed by atoms with E-state index in [1.807, 2.05) is 14.1 Å². The molecule has 0 aromatic heterocycles. The van der Waals surface area contributed by atoms with Gasteiger partial charge in [0.1, 0.15) is 0 Å². The van der Waals surface area contributed by atoms with Crippen molar-refractivity contribution in [2.24, 2.45) is 0 Å². The Hall–Kier alpha value is -1.75. The topological polar surface area (TPSA) is 50.8 Å². The number of benzene rings is 1. The Morgan fingerprint density at radius 1 is 1.25 bits per heavy atom. The van der Waals surface area contributed by atoms with Gasteiger partial charge in [0.25, 0.3) is 5.91 Å². The predicted molar refractivity (Wildman–Crippen MR) is 77.6 cm³/mol. The molecular weight excluding hydrogens is 256 g/mol. The lowest BCUT2D eigenvalue weighted by Gasteiger charge is -2.11. The third-order valence-corrected chi connectivity index (χ3v) is 3.08. The lowest BCUT2D eigenvalue weighted by atomic mass is 10.2. The second-order valence-electron chi connectivity index (χ2n) is 5.12. The van der Waals surface area contributed by atoms with E-state index in [1.54, 1.807) is 18.2 Å². The van der Waals surface area contributed by atoms with E-state index in [1.165, 1.54) is 0 Å². The van der Waals surface area contributed by atoms with Gasteiger partial charge in [-0.25, -0.2) is 0 Å². The van der Waals surface area contributed by atoms with Gasteiger partial charge in [-0.1, -0.05) is 0 Å². The average molecular weight is 278 g/mol. The van der Waals surface area contributed by atoms with Gasteiger partial charge < -0.3 is 19.7 Å². The Balaban J connectivity index is 1.91. The van der Waals surface area contributed by atoms with E-state index in [0.29, 0.717) is 36.8 Å². The first-order chi connectivity index (χ1) is 9.66. The van der Waals surface area contributed by atoms with Gasteiger partial charge in [0.05, 0.1) is 13.2 Å². The standard InChI is InChI=1S/C15H22N2O3/c1-17(2)8-3-7-16-15(18)12-5-6-13-14(11-12)20-10-4-9-19-13/h5-6,11H,3-4,7-10H2,1-2H3,(H,16,18). The molecule has 1 aliphatic heterocycles. The normalized spacial score (nSPS) is 13.9. The molecule has 0 radical (unpaired) electrons. The van der Waals surface area contributed by atoms with E-state index in [9.17, 15) is 4.79 Å². The maximum atomic E-state index is 12.0. The number of nitrogens with one attached hydrogen (secondary N) is 1. The highest BCUT2D eigenvalue weighted by Crippen LogP contribution is 2.30. The molecule has 5 nitrogen and oxygen atoms in total. The van der Waals surface area contributed by atoms with Gasteiger partial charge in [-0.2, -0.15) is 0 Å². The third-order valence-electron chi connectivity index (χ3n) is 3.08. The van der Waals surface area contributed by atoms with Crippen molar-refractivity contribution in [1.82, 2.24) is 10.2 Å². The SMILES string of the molecule is CN(C)CCCNC(=O)c1ccc2c(c1)OCCCO2. The fourth-order valence-electron chi connectivity index (χ4n) is 2.00. The molecule has 1 N–H and O–H groups in total. The first-order valence-electron chi connectivity index (χ1n) is 6.99. The molecule has 0 saturated heterocycles. The maximum absolute atomic E-state index is 12.0. The van der Waals surface area contributed by atoms with Crippen LogP contribution in [0.4, 0.5) is 0 Å². The summed E-state index contributed by atoms with van der Waals surface area (Å²) in [5.74, 6) is 1.30. The first kappa shape index (κ1) is 14.7. The van der Waals surface area contributed by atoms with Crippen LogP contribution in [-0.4, -0.2) is 51.2 Å². The van der Waals surface area contributed by atoms with Crippen LogP contribution in [0.5, 0.6) is 11.5 Å². The molecule has 1 amide bonds. The first-order valence-corrected chi connectivity index (χ1v) is 6.99. The molecule has 0 unspecified atom stereocenters. The van der Waals surface area contributed by atoms with Gasteiger partial charge in [0, 0.05) is 18.5 Å². The fraction of sp³-hybridized carbons (Fsp3) is 0.533. The minimum absolute atomic E-state index is 0.0700. The zero-order valence-electron chi connectivity index (χ0n) is 12.1. The molecule has 1 aliphatic rings. The van der Waals surface area contributed by atoms with Crippen molar-refractivity contribution in [3.63, 3.8) is 0 Å². The Kier molecular flexibility index (Phi) is 5.24. The number of nitrogens with zero attached hydrogens (tertiary/aromatic N) is 1. The van der Waals surface area contributed by atoms with Gasteiger partial charge in [-0.3, -0.25) is 4.79 Å². The minimum atomic E-state index is -0.0700. The summed E-state index contributed by atoms with van der Waals surface area (Å²) in [4.78, 5) is 14.1. The molecule has 1 heterocycles. The summed E-state index contributed by atoms with van der Waals surface area (Å²) in [6.45, 7) is 2.91.